The number of methoxy groups -OCH3 is 1. The summed E-state index contributed by atoms with van der Waals surface area (Å²) in [5.74, 6) is -0.780. The van der Waals surface area contributed by atoms with E-state index in [0.29, 0.717) is 12.1 Å². The van der Waals surface area contributed by atoms with Gasteiger partial charge in [0.15, 0.2) is 0 Å². The van der Waals surface area contributed by atoms with Gasteiger partial charge >= 0.3 is 12.1 Å². The summed E-state index contributed by atoms with van der Waals surface area (Å²) in [5.41, 5.74) is -0.225. The van der Waals surface area contributed by atoms with Gasteiger partial charge in [-0.2, -0.15) is 13.2 Å². The molecule has 0 saturated carbocycles. The predicted molar refractivity (Wildman–Crippen MR) is 61.7 cm³/mol. The Morgan fingerprint density at radius 2 is 2.00 bits per heavy atom. The number of alkyl halides is 3. The Balaban J connectivity index is 3.41. The van der Waals surface area contributed by atoms with E-state index in [2.05, 4.69) is 10.1 Å². The molecule has 0 aliphatic carbocycles. The molecule has 0 aliphatic rings. The molecule has 1 aromatic rings. The van der Waals surface area contributed by atoms with E-state index < -0.39 is 17.7 Å². The molecule has 6 heteroatoms. The normalized spacial score (nSPS) is 11.2. The third-order valence-electron chi connectivity index (χ3n) is 2.51. The second-order valence-electron chi connectivity index (χ2n) is 3.72. The number of ether oxygens (including phenoxy) is 1. The van der Waals surface area contributed by atoms with Gasteiger partial charge in [0.2, 0.25) is 0 Å². The summed E-state index contributed by atoms with van der Waals surface area (Å²) in [6, 6.07) is 1.80. The van der Waals surface area contributed by atoms with Gasteiger partial charge in [0.05, 0.1) is 18.2 Å². The smallest absolute Gasteiger partial charge is 0.416 e. The minimum absolute atomic E-state index is 0.0803. The number of benzene rings is 1. The number of carbonyl (C=O) groups excluding carboxylic acids is 1. The maximum Gasteiger partial charge on any atom is 0.416 e. The second-order valence-corrected chi connectivity index (χ2v) is 3.72. The standard InChI is InChI=1S/C12H14F3NO2/c1-4-16-10-6-8(12(13,14)15)5-9(7(10)2)11(17)18-3/h5-6,16H,4H2,1-3H3. The van der Waals surface area contributed by atoms with E-state index in [0.717, 1.165) is 19.2 Å². The Labute approximate surface area is 103 Å². The van der Waals surface area contributed by atoms with Gasteiger partial charge in [0, 0.05) is 12.2 Å². The van der Waals surface area contributed by atoms with E-state index in [1.54, 1.807) is 13.8 Å². The summed E-state index contributed by atoms with van der Waals surface area (Å²) < 4.78 is 42.6. The van der Waals surface area contributed by atoms with E-state index in [4.69, 9.17) is 0 Å². The molecule has 0 atom stereocenters. The molecule has 18 heavy (non-hydrogen) atoms. The lowest BCUT2D eigenvalue weighted by atomic mass is 10.0. The topological polar surface area (TPSA) is 38.3 Å². The Hall–Kier alpha value is -1.72. The van der Waals surface area contributed by atoms with Crippen LogP contribution in [0.15, 0.2) is 12.1 Å². The highest BCUT2D eigenvalue weighted by atomic mass is 19.4. The summed E-state index contributed by atoms with van der Waals surface area (Å²) in [7, 11) is 1.13. The molecule has 0 amide bonds. The minimum Gasteiger partial charge on any atom is -0.465 e. The highest BCUT2D eigenvalue weighted by Gasteiger charge is 2.32. The number of hydrogen-bond donors (Lipinski definition) is 1. The Kier molecular flexibility index (Phi) is 4.21. The lowest BCUT2D eigenvalue weighted by Crippen LogP contribution is -2.13. The fourth-order valence-electron chi connectivity index (χ4n) is 1.57. The van der Waals surface area contributed by atoms with Crippen LogP contribution in [0.3, 0.4) is 0 Å². The molecule has 100 valence electrons. The van der Waals surface area contributed by atoms with Crippen LogP contribution in [-0.2, 0) is 10.9 Å². The molecule has 0 aliphatic heterocycles. The van der Waals surface area contributed by atoms with Crippen molar-refractivity contribution < 1.29 is 22.7 Å². The molecular formula is C12H14F3NO2. The molecule has 0 heterocycles. The van der Waals surface area contributed by atoms with Crippen molar-refractivity contribution in [3.05, 3.63) is 28.8 Å². The van der Waals surface area contributed by atoms with Crippen LogP contribution in [0, 0.1) is 6.92 Å². The number of rotatable bonds is 3. The van der Waals surface area contributed by atoms with E-state index >= 15 is 0 Å². The Morgan fingerprint density at radius 1 is 1.39 bits per heavy atom. The van der Waals surface area contributed by atoms with Crippen LogP contribution < -0.4 is 5.32 Å². The summed E-state index contributed by atoms with van der Waals surface area (Å²) in [6.07, 6.45) is -4.50. The molecule has 0 radical (unpaired) electrons. The van der Waals surface area contributed by atoms with Crippen molar-refractivity contribution in [1.82, 2.24) is 0 Å². The minimum atomic E-state index is -4.50. The van der Waals surface area contributed by atoms with Crippen LogP contribution in [-0.4, -0.2) is 19.6 Å². The van der Waals surface area contributed by atoms with E-state index in [1.165, 1.54) is 0 Å². The first-order valence-electron chi connectivity index (χ1n) is 5.35. The van der Waals surface area contributed by atoms with Crippen molar-refractivity contribution in [1.29, 1.82) is 0 Å². The van der Waals surface area contributed by atoms with Crippen molar-refractivity contribution >= 4 is 11.7 Å². The molecular weight excluding hydrogens is 247 g/mol. The number of hydrogen-bond acceptors (Lipinski definition) is 3. The SMILES string of the molecule is CCNc1cc(C(F)(F)F)cc(C(=O)OC)c1C. The third-order valence-corrected chi connectivity index (χ3v) is 2.51. The largest absolute Gasteiger partial charge is 0.465 e. The number of halogens is 3. The molecule has 3 nitrogen and oxygen atoms in total. The zero-order chi connectivity index (χ0) is 13.9. The van der Waals surface area contributed by atoms with Gasteiger partial charge in [-0.15, -0.1) is 0 Å². The van der Waals surface area contributed by atoms with Gasteiger partial charge in [-0.3, -0.25) is 0 Å². The molecule has 0 unspecified atom stereocenters. The summed E-state index contributed by atoms with van der Waals surface area (Å²) in [6.45, 7) is 3.80. The van der Waals surface area contributed by atoms with Crippen molar-refractivity contribution in [2.75, 3.05) is 19.0 Å². The first-order valence-corrected chi connectivity index (χ1v) is 5.35. The Bertz CT molecular complexity index is 455. The quantitative estimate of drug-likeness (QED) is 0.849. The fraction of sp³-hybridized carbons (Fsp3) is 0.417. The van der Waals surface area contributed by atoms with Crippen LogP contribution in [0.5, 0.6) is 0 Å². The molecule has 1 rings (SSSR count). The molecule has 0 bridgehead atoms. The maximum absolute atomic E-state index is 12.7. The maximum atomic E-state index is 12.7. The van der Waals surface area contributed by atoms with Crippen molar-refractivity contribution in [2.45, 2.75) is 20.0 Å². The number of carbonyl (C=O) groups is 1. The van der Waals surface area contributed by atoms with Crippen molar-refractivity contribution in [3.63, 3.8) is 0 Å². The van der Waals surface area contributed by atoms with Gasteiger partial charge in [-0.05, 0) is 31.5 Å². The van der Waals surface area contributed by atoms with E-state index in [1.807, 2.05) is 0 Å². The van der Waals surface area contributed by atoms with E-state index in [9.17, 15) is 18.0 Å². The van der Waals surface area contributed by atoms with Gasteiger partial charge in [-0.1, -0.05) is 0 Å². The second kappa shape index (κ2) is 5.29. The first kappa shape index (κ1) is 14.3. The average Bonchev–Trinajstić information content (AvgIpc) is 2.29. The van der Waals surface area contributed by atoms with Gasteiger partial charge in [0.1, 0.15) is 0 Å². The Morgan fingerprint density at radius 3 is 2.44 bits per heavy atom. The number of esters is 1. The zero-order valence-corrected chi connectivity index (χ0v) is 10.3. The lowest BCUT2D eigenvalue weighted by molar-refractivity contribution is -0.137. The fourth-order valence-corrected chi connectivity index (χ4v) is 1.57. The molecule has 0 fully saturated rings. The number of nitrogens with one attached hydrogen (secondary N) is 1. The zero-order valence-electron chi connectivity index (χ0n) is 10.3. The predicted octanol–water partition coefficient (Wildman–Crippen LogP) is 3.23. The summed E-state index contributed by atoms with van der Waals surface area (Å²) >= 11 is 0. The lowest BCUT2D eigenvalue weighted by Gasteiger charge is -2.15. The average molecular weight is 261 g/mol. The van der Waals surface area contributed by atoms with Gasteiger partial charge in [-0.25, -0.2) is 4.79 Å². The summed E-state index contributed by atoms with van der Waals surface area (Å²) in [4.78, 5) is 11.5. The first-order chi connectivity index (χ1) is 8.31. The molecule has 0 spiro atoms. The van der Waals surface area contributed by atoms with Crippen LogP contribution in [0.25, 0.3) is 0 Å². The van der Waals surface area contributed by atoms with Crippen LogP contribution in [0.2, 0.25) is 0 Å². The molecule has 1 aromatic carbocycles. The number of anilines is 1. The molecule has 1 N–H and O–H groups in total. The molecule has 0 aromatic heterocycles. The van der Waals surface area contributed by atoms with Crippen molar-refractivity contribution in [2.24, 2.45) is 0 Å². The van der Waals surface area contributed by atoms with E-state index in [-0.39, 0.29) is 11.3 Å². The third kappa shape index (κ3) is 2.94. The highest BCUT2D eigenvalue weighted by Crippen LogP contribution is 2.34. The monoisotopic (exact) mass is 261 g/mol. The van der Waals surface area contributed by atoms with Crippen molar-refractivity contribution in [3.8, 4) is 0 Å². The van der Waals surface area contributed by atoms with Crippen LogP contribution in [0.4, 0.5) is 18.9 Å². The summed E-state index contributed by atoms with van der Waals surface area (Å²) in [5, 5.41) is 2.80. The van der Waals surface area contributed by atoms with Crippen LogP contribution in [0.1, 0.15) is 28.4 Å². The molecule has 0 saturated heterocycles. The van der Waals surface area contributed by atoms with Crippen LogP contribution >= 0.6 is 0 Å². The van der Waals surface area contributed by atoms with Gasteiger partial charge < -0.3 is 10.1 Å². The van der Waals surface area contributed by atoms with Gasteiger partial charge in [0.25, 0.3) is 0 Å². The highest BCUT2D eigenvalue weighted by molar-refractivity contribution is 5.93.